The lowest BCUT2D eigenvalue weighted by atomic mass is 10.2. The Kier molecular flexibility index (Phi) is 4.85. The molecule has 0 saturated carbocycles. The zero-order valence-electron chi connectivity index (χ0n) is 12.0. The van der Waals surface area contributed by atoms with Crippen LogP contribution in [-0.2, 0) is 14.8 Å². The number of hydrogen-bond donors (Lipinski definition) is 1. The van der Waals surface area contributed by atoms with Gasteiger partial charge in [0, 0.05) is 24.5 Å². The van der Waals surface area contributed by atoms with Gasteiger partial charge in [0.25, 0.3) is 15.9 Å². The molecule has 0 atom stereocenters. The van der Waals surface area contributed by atoms with Crippen LogP contribution in [0.15, 0.2) is 47.6 Å². The van der Waals surface area contributed by atoms with Crippen LogP contribution in [0.4, 0.5) is 8.78 Å². The second-order valence-electron chi connectivity index (χ2n) is 4.62. The number of nitrogens with zero attached hydrogens (tertiary/aromatic N) is 1. The number of carbonyl (C=O) groups excluding carboxylic acids is 1. The second kappa shape index (κ2) is 6.66. The minimum Gasteiger partial charge on any atom is -0.269 e. The van der Waals surface area contributed by atoms with E-state index in [9.17, 15) is 22.0 Å². The van der Waals surface area contributed by atoms with E-state index in [1.807, 2.05) is 0 Å². The summed E-state index contributed by atoms with van der Waals surface area (Å²) in [6.07, 6.45) is 5.34. The minimum atomic E-state index is -4.44. The molecule has 0 aliphatic heterocycles. The van der Waals surface area contributed by atoms with Crippen LogP contribution in [-0.4, -0.2) is 19.3 Å². The maximum Gasteiger partial charge on any atom is 0.267 e. The molecule has 0 radical (unpaired) electrons. The molecule has 5 nitrogen and oxygen atoms in total. The third-order valence-electron chi connectivity index (χ3n) is 2.85. The predicted molar refractivity (Wildman–Crippen MR) is 79.7 cm³/mol. The van der Waals surface area contributed by atoms with Crippen molar-refractivity contribution in [2.45, 2.75) is 11.8 Å². The fraction of sp³-hybridized carbons (Fsp3) is 0.0667. The molecule has 0 spiro atoms. The summed E-state index contributed by atoms with van der Waals surface area (Å²) in [6, 6.07) is 4.59. The van der Waals surface area contributed by atoms with Crippen LogP contribution in [0.1, 0.15) is 11.1 Å². The normalized spacial score (nSPS) is 11.6. The number of carbonyl (C=O) groups is 1. The first-order chi connectivity index (χ1) is 10.8. The van der Waals surface area contributed by atoms with Gasteiger partial charge in [-0.1, -0.05) is 6.07 Å². The van der Waals surface area contributed by atoms with Gasteiger partial charge in [-0.25, -0.2) is 21.9 Å². The van der Waals surface area contributed by atoms with Crippen LogP contribution in [0.3, 0.4) is 0 Å². The van der Waals surface area contributed by atoms with Gasteiger partial charge in [0.2, 0.25) is 0 Å². The molecule has 1 aromatic heterocycles. The first-order valence-electron chi connectivity index (χ1n) is 6.40. The van der Waals surface area contributed by atoms with E-state index < -0.39 is 32.5 Å². The van der Waals surface area contributed by atoms with Crippen molar-refractivity contribution in [1.82, 2.24) is 9.71 Å². The number of benzene rings is 1. The van der Waals surface area contributed by atoms with Crippen molar-refractivity contribution in [3.63, 3.8) is 0 Å². The molecule has 2 rings (SSSR count). The lowest BCUT2D eigenvalue weighted by Gasteiger charge is -2.07. The Bertz CT molecular complexity index is 866. The third kappa shape index (κ3) is 4.19. The van der Waals surface area contributed by atoms with Gasteiger partial charge in [0.1, 0.15) is 16.5 Å². The van der Waals surface area contributed by atoms with Gasteiger partial charge in [0.05, 0.1) is 0 Å². The Hall–Kier alpha value is -2.61. The molecule has 0 aliphatic rings. The van der Waals surface area contributed by atoms with Gasteiger partial charge in [0.15, 0.2) is 0 Å². The molecule has 1 heterocycles. The largest absolute Gasteiger partial charge is 0.269 e. The minimum absolute atomic E-state index is 0.0508. The van der Waals surface area contributed by atoms with Gasteiger partial charge < -0.3 is 0 Å². The van der Waals surface area contributed by atoms with Gasteiger partial charge in [-0.3, -0.25) is 9.78 Å². The maximum atomic E-state index is 13.6. The van der Waals surface area contributed by atoms with E-state index in [4.69, 9.17) is 0 Å². The quantitative estimate of drug-likeness (QED) is 0.867. The highest BCUT2D eigenvalue weighted by Gasteiger charge is 2.22. The summed E-state index contributed by atoms with van der Waals surface area (Å²) in [5.74, 6) is -3.11. The fourth-order valence-electron chi connectivity index (χ4n) is 1.70. The van der Waals surface area contributed by atoms with Crippen molar-refractivity contribution in [2.75, 3.05) is 0 Å². The summed E-state index contributed by atoms with van der Waals surface area (Å²) in [5, 5.41) is 0. The predicted octanol–water partition coefficient (Wildman–Crippen LogP) is 2.19. The number of halogens is 2. The van der Waals surface area contributed by atoms with Gasteiger partial charge >= 0.3 is 0 Å². The molecule has 0 aliphatic carbocycles. The summed E-state index contributed by atoms with van der Waals surface area (Å²) >= 11 is 0. The van der Waals surface area contributed by atoms with Crippen molar-refractivity contribution in [3.8, 4) is 0 Å². The number of aryl methyl sites for hydroxylation is 1. The highest BCUT2D eigenvalue weighted by Crippen LogP contribution is 2.18. The Morgan fingerprint density at radius 1 is 1.26 bits per heavy atom. The van der Waals surface area contributed by atoms with Crippen LogP contribution in [0.25, 0.3) is 6.08 Å². The van der Waals surface area contributed by atoms with E-state index in [0.717, 1.165) is 12.1 Å². The average molecular weight is 338 g/mol. The van der Waals surface area contributed by atoms with E-state index in [1.54, 1.807) is 23.1 Å². The fourth-order valence-corrected chi connectivity index (χ4v) is 2.80. The number of sulfonamides is 1. The lowest BCUT2D eigenvalue weighted by Crippen LogP contribution is -2.29. The highest BCUT2D eigenvalue weighted by molar-refractivity contribution is 7.90. The van der Waals surface area contributed by atoms with E-state index in [2.05, 4.69) is 4.98 Å². The Morgan fingerprint density at radius 3 is 2.65 bits per heavy atom. The molecule has 8 heteroatoms. The van der Waals surface area contributed by atoms with Crippen LogP contribution in [0.5, 0.6) is 0 Å². The molecule has 0 bridgehead atoms. The summed E-state index contributed by atoms with van der Waals surface area (Å²) < 4.78 is 52.5. The summed E-state index contributed by atoms with van der Waals surface area (Å²) in [6.45, 7) is 1.29. The molecular formula is C15H12F2N2O3S. The summed E-state index contributed by atoms with van der Waals surface area (Å²) in [5.41, 5.74) is 0.536. The molecule has 2 aromatic rings. The standard InChI is InChI=1S/C15H12F2N2O3S/c1-10-7-14(13(17)8-12(10)16)23(21,22)19-15(20)5-4-11-3-2-6-18-9-11/h2-9H,1H3,(H,19,20). The number of pyridine rings is 1. The number of rotatable bonds is 4. The number of aromatic nitrogens is 1. The van der Waals surface area contributed by atoms with Crippen molar-refractivity contribution in [1.29, 1.82) is 0 Å². The molecule has 1 aromatic carbocycles. The van der Waals surface area contributed by atoms with Crippen LogP contribution < -0.4 is 4.72 Å². The Balaban J connectivity index is 2.20. The van der Waals surface area contributed by atoms with E-state index in [-0.39, 0.29) is 5.56 Å². The summed E-state index contributed by atoms with van der Waals surface area (Å²) in [7, 11) is -4.44. The molecule has 0 unspecified atom stereocenters. The second-order valence-corrected chi connectivity index (χ2v) is 6.27. The highest BCUT2D eigenvalue weighted by atomic mass is 32.2. The molecule has 23 heavy (non-hydrogen) atoms. The zero-order valence-corrected chi connectivity index (χ0v) is 12.8. The first kappa shape index (κ1) is 16.8. The Morgan fingerprint density at radius 2 is 2.00 bits per heavy atom. The number of nitrogens with one attached hydrogen (secondary N) is 1. The molecular weight excluding hydrogens is 326 g/mol. The third-order valence-corrected chi connectivity index (χ3v) is 4.21. The molecule has 0 saturated heterocycles. The lowest BCUT2D eigenvalue weighted by molar-refractivity contribution is -0.114. The van der Waals surface area contributed by atoms with E-state index in [1.165, 1.54) is 19.2 Å². The number of amides is 1. The maximum absolute atomic E-state index is 13.6. The van der Waals surface area contributed by atoms with E-state index in [0.29, 0.717) is 11.6 Å². The average Bonchev–Trinajstić information content (AvgIpc) is 2.49. The molecule has 1 N–H and O–H groups in total. The van der Waals surface area contributed by atoms with Gasteiger partial charge in [-0.15, -0.1) is 0 Å². The number of hydrogen-bond acceptors (Lipinski definition) is 4. The van der Waals surface area contributed by atoms with Crippen LogP contribution >= 0.6 is 0 Å². The van der Waals surface area contributed by atoms with E-state index >= 15 is 0 Å². The molecule has 0 fully saturated rings. The van der Waals surface area contributed by atoms with Crippen LogP contribution in [0.2, 0.25) is 0 Å². The molecule has 1 amide bonds. The van der Waals surface area contributed by atoms with Gasteiger partial charge in [-0.2, -0.15) is 0 Å². The Labute approximate surface area is 131 Å². The summed E-state index contributed by atoms with van der Waals surface area (Å²) in [4.78, 5) is 14.7. The monoisotopic (exact) mass is 338 g/mol. The van der Waals surface area contributed by atoms with Crippen molar-refractivity contribution in [2.24, 2.45) is 0 Å². The van der Waals surface area contributed by atoms with Crippen molar-refractivity contribution >= 4 is 22.0 Å². The topological polar surface area (TPSA) is 76.1 Å². The zero-order chi connectivity index (χ0) is 17.0. The SMILES string of the molecule is Cc1cc(S(=O)(=O)NC(=O)C=Cc2cccnc2)c(F)cc1F. The van der Waals surface area contributed by atoms with Gasteiger partial charge in [-0.05, 0) is 36.3 Å². The van der Waals surface area contributed by atoms with Crippen LogP contribution in [0, 0.1) is 18.6 Å². The first-order valence-corrected chi connectivity index (χ1v) is 7.88. The molecule has 120 valence electrons. The van der Waals surface area contributed by atoms with Crippen molar-refractivity contribution < 1.29 is 22.0 Å². The smallest absolute Gasteiger partial charge is 0.267 e. The van der Waals surface area contributed by atoms with Crippen molar-refractivity contribution in [3.05, 3.63) is 65.5 Å².